The molecule has 110 valence electrons. The van der Waals surface area contributed by atoms with Crippen molar-refractivity contribution in [3.8, 4) is 0 Å². The van der Waals surface area contributed by atoms with Crippen molar-refractivity contribution in [2.24, 2.45) is 11.1 Å². The van der Waals surface area contributed by atoms with Gasteiger partial charge in [-0.1, -0.05) is 37.3 Å². The summed E-state index contributed by atoms with van der Waals surface area (Å²) >= 11 is 11.5. The van der Waals surface area contributed by atoms with Gasteiger partial charge in [0.2, 0.25) is 11.2 Å². The molecule has 2 rings (SSSR count). The van der Waals surface area contributed by atoms with Crippen molar-refractivity contribution in [1.29, 1.82) is 0 Å². The first-order chi connectivity index (χ1) is 9.55. The fourth-order valence-electron chi connectivity index (χ4n) is 2.63. The van der Waals surface area contributed by atoms with Crippen LogP contribution in [0.3, 0.4) is 0 Å². The van der Waals surface area contributed by atoms with Crippen molar-refractivity contribution >= 4 is 34.9 Å². The molecule has 1 fully saturated rings. The minimum absolute atomic E-state index is 0.00969. The number of carbonyl (C=O) groups is 1. The van der Waals surface area contributed by atoms with Crippen LogP contribution in [0.5, 0.6) is 0 Å². The highest BCUT2D eigenvalue weighted by Crippen LogP contribution is 2.35. The van der Waals surface area contributed by atoms with Gasteiger partial charge in [-0.15, -0.1) is 0 Å². The maximum atomic E-state index is 12.6. The molecule has 1 heterocycles. The molecule has 0 unspecified atom stereocenters. The fraction of sp³-hybridized carbons (Fsp3) is 0.615. The molecule has 1 saturated carbocycles. The Morgan fingerprint density at radius 1 is 1.25 bits per heavy atom. The molecule has 0 saturated heterocycles. The Morgan fingerprint density at radius 2 is 1.90 bits per heavy atom. The molecule has 5 nitrogen and oxygen atoms in total. The predicted octanol–water partition coefficient (Wildman–Crippen LogP) is 3.02. The molecule has 1 amide bonds. The first-order valence-corrected chi connectivity index (χ1v) is 7.53. The van der Waals surface area contributed by atoms with Crippen molar-refractivity contribution in [1.82, 2.24) is 9.97 Å². The van der Waals surface area contributed by atoms with Crippen LogP contribution in [0.25, 0.3) is 0 Å². The van der Waals surface area contributed by atoms with E-state index in [0.29, 0.717) is 12.4 Å². The lowest BCUT2D eigenvalue weighted by molar-refractivity contribution is -0.125. The molecule has 0 aliphatic heterocycles. The minimum atomic E-state index is -0.513. The third-order valence-electron chi connectivity index (χ3n) is 3.84. The van der Waals surface area contributed by atoms with E-state index in [0.717, 1.165) is 38.5 Å². The van der Waals surface area contributed by atoms with Crippen molar-refractivity contribution in [2.45, 2.75) is 38.5 Å². The van der Waals surface area contributed by atoms with E-state index in [1.807, 2.05) is 0 Å². The molecule has 0 atom stereocenters. The molecular formula is C13H18Cl2N4O. The van der Waals surface area contributed by atoms with Gasteiger partial charge in [0, 0.05) is 12.6 Å². The van der Waals surface area contributed by atoms with Gasteiger partial charge in [-0.3, -0.25) is 4.79 Å². The standard InChI is InChI=1S/C13H18Cl2N4O/c14-9-7-10(19-12(15)17-9)18-11(20)13(8-16)5-3-1-2-4-6-13/h7H,1-6,8,16H2,(H,17,18,19,20). The van der Waals surface area contributed by atoms with Crippen molar-refractivity contribution in [3.05, 3.63) is 16.5 Å². The van der Waals surface area contributed by atoms with Crippen LogP contribution in [-0.4, -0.2) is 22.4 Å². The number of hydrogen-bond acceptors (Lipinski definition) is 4. The van der Waals surface area contributed by atoms with Gasteiger partial charge in [-0.25, -0.2) is 9.97 Å². The van der Waals surface area contributed by atoms with Gasteiger partial charge < -0.3 is 11.1 Å². The van der Waals surface area contributed by atoms with Crippen molar-refractivity contribution in [3.63, 3.8) is 0 Å². The van der Waals surface area contributed by atoms with E-state index in [1.165, 1.54) is 6.07 Å². The molecule has 0 bridgehead atoms. The number of nitrogens with one attached hydrogen (secondary N) is 1. The Hall–Kier alpha value is -0.910. The molecule has 1 aliphatic rings. The largest absolute Gasteiger partial charge is 0.329 e. The van der Waals surface area contributed by atoms with Crippen LogP contribution in [0.15, 0.2) is 6.07 Å². The summed E-state index contributed by atoms with van der Waals surface area (Å²) < 4.78 is 0. The molecule has 1 aromatic rings. The third kappa shape index (κ3) is 3.59. The average molecular weight is 317 g/mol. The van der Waals surface area contributed by atoms with Gasteiger partial charge in [0.25, 0.3) is 0 Å². The molecular weight excluding hydrogens is 299 g/mol. The van der Waals surface area contributed by atoms with Gasteiger partial charge >= 0.3 is 0 Å². The monoisotopic (exact) mass is 316 g/mol. The highest BCUT2D eigenvalue weighted by atomic mass is 35.5. The molecule has 3 N–H and O–H groups in total. The fourth-order valence-corrected chi connectivity index (χ4v) is 3.04. The van der Waals surface area contributed by atoms with E-state index >= 15 is 0 Å². The van der Waals surface area contributed by atoms with Crippen LogP contribution < -0.4 is 11.1 Å². The van der Waals surface area contributed by atoms with E-state index < -0.39 is 5.41 Å². The molecule has 0 radical (unpaired) electrons. The van der Waals surface area contributed by atoms with E-state index in [9.17, 15) is 4.79 Å². The summed E-state index contributed by atoms with van der Waals surface area (Å²) in [6.07, 6.45) is 5.97. The number of rotatable bonds is 3. The molecule has 1 aliphatic carbocycles. The van der Waals surface area contributed by atoms with Gasteiger partial charge in [0.05, 0.1) is 5.41 Å². The molecule has 20 heavy (non-hydrogen) atoms. The Balaban J connectivity index is 2.16. The zero-order valence-corrected chi connectivity index (χ0v) is 12.7. The lowest BCUT2D eigenvalue weighted by Gasteiger charge is -2.29. The Bertz CT molecular complexity index is 467. The van der Waals surface area contributed by atoms with Crippen LogP contribution in [0.1, 0.15) is 38.5 Å². The summed E-state index contributed by atoms with van der Waals surface area (Å²) in [5.41, 5.74) is 5.36. The highest BCUT2D eigenvalue weighted by Gasteiger charge is 2.37. The maximum absolute atomic E-state index is 12.6. The smallest absolute Gasteiger partial charge is 0.233 e. The molecule has 0 aromatic carbocycles. The van der Waals surface area contributed by atoms with Gasteiger partial charge in [-0.2, -0.15) is 0 Å². The Morgan fingerprint density at radius 3 is 2.45 bits per heavy atom. The Kier molecular flexibility index (Phi) is 5.18. The average Bonchev–Trinajstić information content (AvgIpc) is 2.63. The topological polar surface area (TPSA) is 80.9 Å². The normalized spacial score (nSPS) is 18.4. The van der Waals surface area contributed by atoms with Gasteiger partial charge in [-0.05, 0) is 24.4 Å². The van der Waals surface area contributed by atoms with Crippen molar-refractivity contribution < 1.29 is 4.79 Å². The maximum Gasteiger partial charge on any atom is 0.233 e. The lowest BCUT2D eigenvalue weighted by atomic mass is 9.79. The number of aromatic nitrogens is 2. The van der Waals surface area contributed by atoms with Crippen LogP contribution in [0.2, 0.25) is 10.4 Å². The predicted molar refractivity (Wildman–Crippen MR) is 79.9 cm³/mol. The third-order valence-corrected chi connectivity index (χ3v) is 4.20. The summed E-state index contributed by atoms with van der Waals surface area (Å²) in [5.74, 6) is 0.213. The first-order valence-electron chi connectivity index (χ1n) is 6.77. The second-order valence-corrected chi connectivity index (χ2v) is 5.92. The van der Waals surface area contributed by atoms with Crippen LogP contribution in [0.4, 0.5) is 5.82 Å². The number of halogens is 2. The van der Waals surface area contributed by atoms with Crippen LogP contribution >= 0.6 is 23.2 Å². The zero-order chi connectivity index (χ0) is 14.6. The number of amides is 1. The van der Waals surface area contributed by atoms with Crippen LogP contribution in [0, 0.1) is 5.41 Å². The van der Waals surface area contributed by atoms with Gasteiger partial charge in [0.1, 0.15) is 11.0 Å². The second kappa shape index (κ2) is 6.70. The molecule has 0 spiro atoms. The second-order valence-electron chi connectivity index (χ2n) is 5.20. The van der Waals surface area contributed by atoms with E-state index in [-0.39, 0.29) is 16.3 Å². The minimum Gasteiger partial charge on any atom is -0.329 e. The number of nitrogens with zero attached hydrogens (tertiary/aromatic N) is 2. The summed E-state index contributed by atoms with van der Waals surface area (Å²) in [6, 6.07) is 1.48. The quantitative estimate of drug-likeness (QED) is 0.510. The summed E-state index contributed by atoms with van der Waals surface area (Å²) in [6.45, 7) is 0.339. The number of anilines is 1. The Labute approximate surface area is 128 Å². The summed E-state index contributed by atoms with van der Waals surface area (Å²) in [5, 5.41) is 2.98. The van der Waals surface area contributed by atoms with Crippen molar-refractivity contribution in [2.75, 3.05) is 11.9 Å². The number of hydrogen-bond donors (Lipinski definition) is 2. The van der Waals surface area contributed by atoms with Crippen LogP contribution in [-0.2, 0) is 4.79 Å². The molecule has 7 heteroatoms. The number of nitrogens with two attached hydrogens (primary N) is 1. The SMILES string of the molecule is NCC1(C(=O)Nc2cc(Cl)nc(Cl)n2)CCCCCC1. The van der Waals surface area contributed by atoms with E-state index in [4.69, 9.17) is 28.9 Å². The van der Waals surface area contributed by atoms with E-state index in [1.54, 1.807) is 0 Å². The van der Waals surface area contributed by atoms with E-state index in [2.05, 4.69) is 15.3 Å². The zero-order valence-electron chi connectivity index (χ0n) is 11.2. The van der Waals surface area contributed by atoms with Gasteiger partial charge in [0.15, 0.2) is 0 Å². The highest BCUT2D eigenvalue weighted by molar-refractivity contribution is 6.32. The molecule has 1 aromatic heterocycles. The first kappa shape index (κ1) is 15.5. The summed E-state index contributed by atoms with van der Waals surface area (Å²) in [4.78, 5) is 20.3. The number of carbonyl (C=O) groups excluding carboxylic acids is 1. The lowest BCUT2D eigenvalue weighted by Crippen LogP contribution is -2.42. The summed E-state index contributed by atoms with van der Waals surface area (Å²) in [7, 11) is 0.